The van der Waals surface area contributed by atoms with Crippen LogP contribution in [-0.4, -0.2) is 27.6 Å². The minimum Gasteiger partial charge on any atom is -0.341 e. The van der Waals surface area contributed by atoms with E-state index in [9.17, 15) is 14.4 Å². The van der Waals surface area contributed by atoms with Crippen LogP contribution in [0.3, 0.4) is 0 Å². The molecule has 1 heterocycles. The molecule has 1 aromatic heterocycles. The van der Waals surface area contributed by atoms with Crippen molar-refractivity contribution in [3.05, 3.63) is 79.8 Å². The van der Waals surface area contributed by atoms with E-state index in [0.29, 0.717) is 22.3 Å². The van der Waals surface area contributed by atoms with Crippen molar-refractivity contribution in [2.75, 3.05) is 7.05 Å². The molecule has 0 aliphatic carbocycles. The first-order valence-corrected chi connectivity index (χ1v) is 8.54. The van der Waals surface area contributed by atoms with Gasteiger partial charge >= 0.3 is 0 Å². The van der Waals surface area contributed by atoms with Crippen LogP contribution in [0, 0.1) is 0 Å². The van der Waals surface area contributed by atoms with Gasteiger partial charge in [-0.2, -0.15) is 0 Å². The number of carbonyl (C=O) groups excluding carboxylic acids is 1. The normalized spacial score (nSPS) is 10.8. The van der Waals surface area contributed by atoms with Crippen molar-refractivity contribution in [1.29, 1.82) is 0 Å². The van der Waals surface area contributed by atoms with Gasteiger partial charge in [0, 0.05) is 25.0 Å². The van der Waals surface area contributed by atoms with E-state index in [1.54, 1.807) is 48.3 Å². The highest BCUT2D eigenvalue weighted by atomic mass is 35.5. The molecule has 134 valence electrons. The third kappa shape index (κ3) is 3.86. The molecule has 7 heteroatoms. The van der Waals surface area contributed by atoms with Crippen LogP contribution in [0.2, 0.25) is 5.02 Å². The molecule has 1 N–H and O–H groups in total. The van der Waals surface area contributed by atoms with Gasteiger partial charge in [-0.05, 0) is 29.8 Å². The summed E-state index contributed by atoms with van der Waals surface area (Å²) in [7, 11) is 1.70. The number of halogens is 1. The van der Waals surface area contributed by atoms with Gasteiger partial charge in [0.15, 0.2) is 0 Å². The molecule has 0 unspecified atom stereocenters. The molecule has 0 radical (unpaired) electrons. The first kappa shape index (κ1) is 17.9. The standard InChI is InChI=1S/C19H18ClN3O3/c1-22(12-13-6-8-14(20)9-7-13)17(24)10-11-23-19(26)16-5-3-2-4-15(16)18(25)21-23/h2-9H,10-12H2,1H3,(H,21,25). The van der Waals surface area contributed by atoms with Crippen LogP contribution < -0.4 is 11.1 Å². The van der Waals surface area contributed by atoms with E-state index in [1.807, 2.05) is 12.1 Å². The minimum atomic E-state index is -0.345. The van der Waals surface area contributed by atoms with Crippen molar-refractivity contribution >= 4 is 28.3 Å². The molecule has 0 bridgehead atoms. The lowest BCUT2D eigenvalue weighted by Gasteiger charge is -2.17. The largest absolute Gasteiger partial charge is 0.341 e. The van der Waals surface area contributed by atoms with Crippen LogP contribution in [0.25, 0.3) is 10.8 Å². The van der Waals surface area contributed by atoms with E-state index < -0.39 is 0 Å². The molecule has 0 saturated carbocycles. The molecule has 0 spiro atoms. The summed E-state index contributed by atoms with van der Waals surface area (Å²) in [5.74, 6) is -0.124. The van der Waals surface area contributed by atoms with Gasteiger partial charge in [0.2, 0.25) is 5.91 Å². The summed E-state index contributed by atoms with van der Waals surface area (Å²) in [6.07, 6.45) is 0.109. The summed E-state index contributed by atoms with van der Waals surface area (Å²) in [6, 6.07) is 13.9. The highest BCUT2D eigenvalue weighted by Gasteiger charge is 2.12. The van der Waals surface area contributed by atoms with Crippen molar-refractivity contribution in [3.63, 3.8) is 0 Å². The van der Waals surface area contributed by atoms with Gasteiger partial charge in [0.25, 0.3) is 11.1 Å². The van der Waals surface area contributed by atoms with Crippen molar-refractivity contribution in [2.45, 2.75) is 19.5 Å². The van der Waals surface area contributed by atoms with Crippen LogP contribution in [0.1, 0.15) is 12.0 Å². The van der Waals surface area contributed by atoms with E-state index in [0.717, 1.165) is 5.56 Å². The zero-order valence-corrected chi connectivity index (χ0v) is 15.0. The Hall–Kier alpha value is -2.86. The van der Waals surface area contributed by atoms with Gasteiger partial charge in [-0.15, -0.1) is 0 Å². The molecule has 0 aliphatic heterocycles. The van der Waals surface area contributed by atoms with Gasteiger partial charge in [0.1, 0.15) is 0 Å². The fourth-order valence-electron chi connectivity index (χ4n) is 2.75. The molecule has 0 aliphatic rings. The number of hydrogen-bond donors (Lipinski definition) is 1. The molecule has 0 fully saturated rings. The Bertz CT molecular complexity index is 1050. The number of H-pyrrole nitrogens is 1. The summed E-state index contributed by atoms with van der Waals surface area (Å²) in [4.78, 5) is 38.4. The molecule has 6 nitrogen and oxygen atoms in total. The maximum Gasteiger partial charge on any atom is 0.273 e. The highest BCUT2D eigenvalue weighted by molar-refractivity contribution is 6.30. The SMILES string of the molecule is CN(Cc1ccc(Cl)cc1)C(=O)CCn1[nH]c(=O)c2ccccc2c1=O. The second-order valence-electron chi connectivity index (χ2n) is 6.07. The third-order valence-corrected chi connectivity index (χ3v) is 4.44. The number of carbonyl (C=O) groups is 1. The maximum absolute atomic E-state index is 12.4. The van der Waals surface area contributed by atoms with Gasteiger partial charge in [0.05, 0.1) is 17.3 Å². The number of amides is 1. The van der Waals surface area contributed by atoms with Gasteiger partial charge in [-0.25, -0.2) is 4.68 Å². The predicted octanol–water partition coefficient (Wildman–Crippen LogP) is 2.39. The number of rotatable bonds is 5. The number of nitrogens with zero attached hydrogens (tertiary/aromatic N) is 2. The number of aryl methyl sites for hydroxylation is 1. The predicted molar refractivity (Wildman–Crippen MR) is 101 cm³/mol. The lowest BCUT2D eigenvalue weighted by molar-refractivity contribution is -0.130. The molecule has 1 amide bonds. The lowest BCUT2D eigenvalue weighted by atomic mass is 10.2. The molecule has 26 heavy (non-hydrogen) atoms. The zero-order chi connectivity index (χ0) is 18.7. The number of fused-ring (bicyclic) bond motifs is 1. The molecule has 2 aromatic carbocycles. The Kier molecular flexibility index (Phi) is 5.23. The van der Waals surface area contributed by atoms with E-state index >= 15 is 0 Å². The van der Waals surface area contributed by atoms with Crippen LogP contribution in [0.4, 0.5) is 0 Å². The van der Waals surface area contributed by atoms with Crippen LogP contribution in [-0.2, 0) is 17.9 Å². The topological polar surface area (TPSA) is 75.2 Å². The maximum atomic E-state index is 12.4. The number of nitrogens with one attached hydrogen (secondary N) is 1. The first-order chi connectivity index (χ1) is 12.5. The molecule has 3 aromatic rings. The third-order valence-electron chi connectivity index (χ3n) is 4.19. The Morgan fingerprint density at radius 2 is 1.73 bits per heavy atom. The fraction of sp³-hybridized carbons (Fsp3) is 0.211. The quantitative estimate of drug-likeness (QED) is 0.748. The summed E-state index contributed by atoms with van der Waals surface area (Å²) in [5, 5.41) is 3.87. The van der Waals surface area contributed by atoms with Crippen molar-refractivity contribution in [1.82, 2.24) is 14.7 Å². The van der Waals surface area contributed by atoms with Crippen molar-refractivity contribution < 1.29 is 4.79 Å². The van der Waals surface area contributed by atoms with E-state index in [4.69, 9.17) is 11.6 Å². The summed E-state index contributed by atoms with van der Waals surface area (Å²) >= 11 is 5.86. The Labute approximate surface area is 154 Å². The Morgan fingerprint density at radius 1 is 1.08 bits per heavy atom. The van der Waals surface area contributed by atoms with Crippen LogP contribution in [0.15, 0.2) is 58.1 Å². The Morgan fingerprint density at radius 3 is 2.42 bits per heavy atom. The van der Waals surface area contributed by atoms with Gasteiger partial charge in [-0.1, -0.05) is 35.9 Å². The summed E-state index contributed by atoms with van der Waals surface area (Å²) in [5.41, 5.74) is 0.303. The van der Waals surface area contributed by atoms with Crippen LogP contribution in [0.5, 0.6) is 0 Å². The van der Waals surface area contributed by atoms with E-state index in [1.165, 1.54) is 4.68 Å². The molecule has 3 rings (SSSR count). The minimum absolute atomic E-state index is 0.109. The number of hydrogen-bond acceptors (Lipinski definition) is 3. The van der Waals surface area contributed by atoms with Gasteiger partial charge < -0.3 is 4.90 Å². The van der Waals surface area contributed by atoms with E-state index in [-0.39, 0.29) is 30.0 Å². The van der Waals surface area contributed by atoms with Gasteiger partial charge in [-0.3, -0.25) is 19.5 Å². The Balaban J connectivity index is 1.70. The molecular weight excluding hydrogens is 354 g/mol. The number of benzene rings is 2. The number of aromatic amines is 1. The van der Waals surface area contributed by atoms with Crippen molar-refractivity contribution in [2.24, 2.45) is 0 Å². The number of aromatic nitrogens is 2. The lowest BCUT2D eigenvalue weighted by Crippen LogP contribution is -2.33. The molecular formula is C19H18ClN3O3. The molecule has 0 atom stereocenters. The van der Waals surface area contributed by atoms with Crippen molar-refractivity contribution in [3.8, 4) is 0 Å². The zero-order valence-electron chi connectivity index (χ0n) is 14.2. The molecule has 0 saturated heterocycles. The monoisotopic (exact) mass is 371 g/mol. The highest BCUT2D eigenvalue weighted by Crippen LogP contribution is 2.11. The summed E-state index contributed by atoms with van der Waals surface area (Å²) in [6.45, 7) is 0.557. The fourth-order valence-corrected chi connectivity index (χ4v) is 2.88. The summed E-state index contributed by atoms with van der Waals surface area (Å²) < 4.78 is 1.19. The average molecular weight is 372 g/mol. The van der Waals surface area contributed by atoms with Crippen LogP contribution >= 0.6 is 11.6 Å². The smallest absolute Gasteiger partial charge is 0.273 e. The van der Waals surface area contributed by atoms with E-state index in [2.05, 4.69) is 5.10 Å². The second-order valence-corrected chi connectivity index (χ2v) is 6.51. The average Bonchev–Trinajstić information content (AvgIpc) is 2.65. The second kappa shape index (κ2) is 7.58. The first-order valence-electron chi connectivity index (χ1n) is 8.16.